The molecule has 1 aliphatic heterocycles. The predicted octanol–water partition coefficient (Wildman–Crippen LogP) is 2.21. The molecule has 1 aromatic carbocycles. The number of primary amides is 1. The van der Waals surface area contributed by atoms with Crippen LogP contribution in [0.5, 0.6) is 0 Å². The maximum Gasteiger partial charge on any atom is 0.316 e. The SMILES string of the molecule is CC1CC(Nc2ccc(NC(N)=O)cc2)CN1C1CC1. The summed E-state index contributed by atoms with van der Waals surface area (Å²) in [5, 5.41) is 6.14. The number of anilines is 2. The first-order valence-electron chi connectivity index (χ1n) is 7.30. The van der Waals surface area contributed by atoms with E-state index in [1.807, 2.05) is 24.3 Å². The Balaban J connectivity index is 1.56. The Hall–Kier alpha value is -1.75. The summed E-state index contributed by atoms with van der Waals surface area (Å²) in [6, 6.07) is 9.19. The van der Waals surface area contributed by atoms with Crippen LogP contribution < -0.4 is 16.4 Å². The molecule has 0 spiro atoms. The van der Waals surface area contributed by atoms with Gasteiger partial charge in [-0.2, -0.15) is 0 Å². The largest absolute Gasteiger partial charge is 0.381 e. The maximum atomic E-state index is 10.8. The van der Waals surface area contributed by atoms with E-state index in [-0.39, 0.29) is 0 Å². The molecule has 4 N–H and O–H groups in total. The normalized spacial score (nSPS) is 26.4. The maximum absolute atomic E-state index is 10.8. The molecule has 2 atom stereocenters. The average molecular weight is 274 g/mol. The van der Waals surface area contributed by atoms with Crippen LogP contribution in [0.25, 0.3) is 0 Å². The minimum atomic E-state index is -0.532. The van der Waals surface area contributed by atoms with E-state index in [9.17, 15) is 4.79 Å². The van der Waals surface area contributed by atoms with Gasteiger partial charge >= 0.3 is 6.03 Å². The summed E-state index contributed by atoms with van der Waals surface area (Å²) in [4.78, 5) is 13.4. The highest BCUT2D eigenvalue weighted by atomic mass is 16.2. The number of nitrogens with one attached hydrogen (secondary N) is 2. The molecule has 1 aliphatic carbocycles. The van der Waals surface area contributed by atoms with Crippen molar-refractivity contribution in [2.75, 3.05) is 17.2 Å². The smallest absolute Gasteiger partial charge is 0.316 e. The number of benzene rings is 1. The lowest BCUT2D eigenvalue weighted by atomic mass is 10.2. The zero-order valence-corrected chi connectivity index (χ0v) is 11.8. The number of carbonyl (C=O) groups is 1. The fourth-order valence-corrected chi connectivity index (χ4v) is 3.10. The standard InChI is InChI=1S/C15H22N4O/c1-10-8-13(9-19(10)14-6-7-14)17-11-2-4-12(5-3-11)18-15(16)20/h2-5,10,13-14,17H,6-9H2,1H3,(H3,16,18,20). The number of nitrogens with zero attached hydrogens (tertiary/aromatic N) is 1. The Labute approximate surface area is 119 Å². The highest BCUT2D eigenvalue weighted by Crippen LogP contribution is 2.34. The number of rotatable bonds is 4. The van der Waals surface area contributed by atoms with Crippen molar-refractivity contribution < 1.29 is 4.79 Å². The molecule has 20 heavy (non-hydrogen) atoms. The zero-order valence-electron chi connectivity index (χ0n) is 11.8. The van der Waals surface area contributed by atoms with Crippen molar-refractivity contribution in [3.05, 3.63) is 24.3 Å². The summed E-state index contributed by atoms with van der Waals surface area (Å²) in [6.45, 7) is 3.45. The van der Waals surface area contributed by atoms with Gasteiger partial charge in [0.15, 0.2) is 0 Å². The summed E-state index contributed by atoms with van der Waals surface area (Å²) < 4.78 is 0. The van der Waals surface area contributed by atoms with Gasteiger partial charge in [-0.1, -0.05) is 0 Å². The van der Waals surface area contributed by atoms with Crippen LogP contribution >= 0.6 is 0 Å². The molecule has 2 unspecified atom stereocenters. The predicted molar refractivity (Wildman–Crippen MR) is 80.9 cm³/mol. The van der Waals surface area contributed by atoms with Gasteiger partial charge in [0.1, 0.15) is 0 Å². The molecule has 2 aliphatic rings. The van der Waals surface area contributed by atoms with E-state index in [4.69, 9.17) is 5.73 Å². The molecule has 0 aromatic heterocycles. The van der Waals surface area contributed by atoms with Gasteiger partial charge in [-0.25, -0.2) is 4.79 Å². The molecule has 3 rings (SSSR count). The molecule has 5 nitrogen and oxygen atoms in total. The van der Waals surface area contributed by atoms with Gasteiger partial charge < -0.3 is 16.4 Å². The van der Waals surface area contributed by atoms with Gasteiger partial charge in [-0.05, 0) is 50.5 Å². The monoisotopic (exact) mass is 274 g/mol. The first-order chi connectivity index (χ1) is 9.61. The van der Waals surface area contributed by atoms with Crippen LogP contribution in [-0.2, 0) is 0 Å². The number of hydrogen-bond acceptors (Lipinski definition) is 3. The molecule has 5 heteroatoms. The van der Waals surface area contributed by atoms with E-state index in [2.05, 4.69) is 22.5 Å². The molecule has 0 bridgehead atoms. The highest BCUT2D eigenvalue weighted by molar-refractivity contribution is 5.87. The Morgan fingerprint density at radius 1 is 1.25 bits per heavy atom. The number of urea groups is 1. The Morgan fingerprint density at radius 2 is 1.90 bits per heavy atom. The fourth-order valence-electron chi connectivity index (χ4n) is 3.10. The van der Waals surface area contributed by atoms with Crippen molar-refractivity contribution in [2.45, 2.75) is 44.3 Å². The number of carbonyl (C=O) groups excluding carboxylic acids is 1. The molecule has 1 heterocycles. The van der Waals surface area contributed by atoms with Crippen LogP contribution in [-0.4, -0.2) is 35.6 Å². The van der Waals surface area contributed by atoms with Gasteiger partial charge in [0.05, 0.1) is 0 Å². The van der Waals surface area contributed by atoms with Crippen molar-refractivity contribution in [1.29, 1.82) is 0 Å². The van der Waals surface area contributed by atoms with E-state index in [0.29, 0.717) is 12.1 Å². The lowest BCUT2D eigenvalue weighted by Gasteiger charge is -2.20. The van der Waals surface area contributed by atoms with Crippen molar-refractivity contribution in [3.8, 4) is 0 Å². The van der Waals surface area contributed by atoms with Crippen LogP contribution in [0.3, 0.4) is 0 Å². The molecule has 2 fully saturated rings. The number of nitrogens with two attached hydrogens (primary N) is 1. The first-order valence-corrected chi connectivity index (χ1v) is 7.30. The number of hydrogen-bond donors (Lipinski definition) is 3. The zero-order chi connectivity index (χ0) is 14.1. The fraction of sp³-hybridized carbons (Fsp3) is 0.533. The highest BCUT2D eigenvalue weighted by Gasteiger charge is 2.38. The molecule has 2 amide bonds. The minimum Gasteiger partial charge on any atom is -0.381 e. The van der Waals surface area contributed by atoms with Gasteiger partial charge in [0.25, 0.3) is 0 Å². The minimum absolute atomic E-state index is 0.514. The Morgan fingerprint density at radius 3 is 2.50 bits per heavy atom. The summed E-state index contributed by atoms with van der Waals surface area (Å²) in [5.41, 5.74) is 6.91. The Bertz CT molecular complexity index is 483. The quantitative estimate of drug-likeness (QED) is 0.788. The van der Waals surface area contributed by atoms with E-state index in [0.717, 1.165) is 24.0 Å². The van der Waals surface area contributed by atoms with Gasteiger partial charge in [0, 0.05) is 36.0 Å². The van der Waals surface area contributed by atoms with E-state index >= 15 is 0 Å². The molecule has 108 valence electrons. The van der Waals surface area contributed by atoms with Gasteiger partial charge in [-0.15, -0.1) is 0 Å². The topological polar surface area (TPSA) is 70.4 Å². The third-order valence-electron chi connectivity index (χ3n) is 4.16. The van der Waals surface area contributed by atoms with Crippen LogP contribution in [0.15, 0.2) is 24.3 Å². The van der Waals surface area contributed by atoms with Crippen LogP contribution in [0, 0.1) is 0 Å². The molecular formula is C15H22N4O. The lowest BCUT2D eigenvalue weighted by Crippen LogP contribution is -2.31. The third kappa shape index (κ3) is 3.04. The number of likely N-dealkylation sites (tertiary alicyclic amines) is 1. The first kappa shape index (κ1) is 13.2. The molecular weight excluding hydrogens is 252 g/mol. The van der Waals surface area contributed by atoms with Gasteiger partial charge in [-0.3, -0.25) is 4.90 Å². The van der Waals surface area contributed by atoms with Crippen LogP contribution in [0.4, 0.5) is 16.2 Å². The van der Waals surface area contributed by atoms with Gasteiger partial charge in [0.2, 0.25) is 0 Å². The van der Waals surface area contributed by atoms with E-state index in [1.165, 1.54) is 19.3 Å². The van der Waals surface area contributed by atoms with Crippen molar-refractivity contribution in [3.63, 3.8) is 0 Å². The Kier molecular flexibility index (Phi) is 3.53. The second kappa shape index (κ2) is 5.32. The molecule has 1 saturated heterocycles. The average Bonchev–Trinajstić information content (AvgIpc) is 3.16. The second-order valence-electron chi connectivity index (χ2n) is 5.92. The molecule has 0 radical (unpaired) electrons. The van der Waals surface area contributed by atoms with Crippen molar-refractivity contribution in [2.24, 2.45) is 5.73 Å². The van der Waals surface area contributed by atoms with E-state index in [1.54, 1.807) is 0 Å². The van der Waals surface area contributed by atoms with Crippen LogP contribution in [0.2, 0.25) is 0 Å². The molecule has 1 saturated carbocycles. The summed E-state index contributed by atoms with van der Waals surface area (Å²) >= 11 is 0. The summed E-state index contributed by atoms with van der Waals surface area (Å²) in [5.74, 6) is 0. The van der Waals surface area contributed by atoms with Crippen molar-refractivity contribution in [1.82, 2.24) is 4.90 Å². The lowest BCUT2D eigenvalue weighted by molar-refractivity contribution is 0.257. The third-order valence-corrected chi connectivity index (χ3v) is 4.16. The van der Waals surface area contributed by atoms with Crippen molar-refractivity contribution >= 4 is 17.4 Å². The number of amides is 2. The second-order valence-corrected chi connectivity index (χ2v) is 5.92. The van der Waals surface area contributed by atoms with Crippen LogP contribution in [0.1, 0.15) is 26.2 Å². The summed E-state index contributed by atoms with van der Waals surface area (Å²) in [6.07, 6.45) is 3.92. The summed E-state index contributed by atoms with van der Waals surface area (Å²) in [7, 11) is 0. The molecule has 1 aromatic rings. The van der Waals surface area contributed by atoms with E-state index < -0.39 is 6.03 Å².